The van der Waals surface area contributed by atoms with Crippen LogP contribution in [-0.4, -0.2) is 42.8 Å². The Morgan fingerprint density at radius 1 is 1.50 bits per heavy atom. The Morgan fingerprint density at radius 2 is 2.29 bits per heavy atom. The Bertz CT molecular complexity index is 230. The molecule has 0 radical (unpaired) electrons. The van der Waals surface area contributed by atoms with E-state index in [0.717, 1.165) is 26.1 Å². The molecule has 0 saturated carbocycles. The van der Waals surface area contributed by atoms with Crippen LogP contribution in [0.3, 0.4) is 0 Å². The van der Waals surface area contributed by atoms with Gasteiger partial charge in [0.15, 0.2) is 0 Å². The zero-order valence-electron chi connectivity index (χ0n) is 8.82. The van der Waals surface area contributed by atoms with Crippen LogP contribution in [0, 0.1) is 5.92 Å². The lowest BCUT2D eigenvalue weighted by molar-refractivity contribution is 0.0734. The highest BCUT2D eigenvalue weighted by Crippen LogP contribution is 2.27. The molecule has 2 aliphatic heterocycles. The molecule has 2 rings (SSSR count). The zero-order chi connectivity index (χ0) is 10.1. The van der Waals surface area contributed by atoms with E-state index in [2.05, 4.69) is 5.32 Å². The third-order valence-electron chi connectivity index (χ3n) is 3.02. The van der Waals surface area contributed by atoms with Crippen LogP contribution in [-0.2, 0) is 4.74 Å². The molecule has 4 heteroatoms. The molecule has 0 aliphatic carbocycles. The number of nitrogens with zero attached hydrogens (tertiary/aromatic N) is 1. The van der Waals surface area contributed by atoms with E-state index in [0.29, 0.717) is 12.0 Å². The SMILES string of the molecule is CC(C)OC(=O)N1CCC2CNCC21. The fourth-order valence-corrected chi connectivity index (χ4v) is 2.35. The maximum absolute atomic E-state index is 11.7. The van der Waals surface area contributed by atoms with Crippen molar-refractivity contribution in [3.63, 3.8) is 0 Å². The van der Waals surface area contributed by atoms with Crippen LogP contribution in [0.4, 0.5) is 4.79 Å². The van der Waals surface area contributed by atoms with Gasteiger partial charge in [-0.15, -0.1) is 0 Å². The maximum Gasteiger partial charge on any atom is 0.410 e. The molecule has 1 N–H and O–H groups in total. The van der Waals surface area contributed by atoms with E-state index in [-0.39, 0.29) is 12.2 Å². The molecule has 2 aliphatic rings. The Kier molecular flexibility index (Phi) is 2.63. The number of ether oxygens (including phenoxy) is 1. The fraction of sp³-hybridized carbons (Fsp3) is 0.900. The van der Waals surface area contributed by atoms with Crippen LogP contribution in [0.25, 0.3) is 0 Å². The second kappa shape index (κ2) is 3.77. The van der Waals surface area contributed by atoms with Gasteiger partial charge in [0.05, 0.1) is 12.1 Å². The number of hydrogen-bond acceptors (Lipinski definition) is 3. The molecule has 0 spiro atoms. The van der Waals surface area contributed by atoms with Gasteiger partial charge >= 0.3 is 6.09 Å². The molecular weight excluding hydrogens is 180 g/mol. The number of hydrogen-bond donors (Lipinski definition) is 1. The first-order valence-electron chi connectivity index (χ1n) is 5.36. The average molecular weight is 198 g/mol. The van der Waals surface area contributed by atoms with E-state index in [1.807, 2.05) is 18.7 Å². The molecule has 0 aromatic rings. The predicted molar refractivity (Wildman–Crippen MR) is 53.1 cm³/mol. The predicted octanol–water partition coefficient (Wildman–Crippen LogP) is 0.825. The average Bonchev–Trinajstić information content (AvgIpc) is 2.59. The highest BCUT2D eigenvalue weighted by atomic mass is 16.6. The van der Waals surface area contributed by atoms with E-state index < -0.39 is 0 Å². The Balaban J connectivity index is 1.94. The minimum atomic E-state index is -0.142. The molecular formula is C10H18N2O2. The Hall–Kier alpha value is -0.770. The summed E-state index contributed by atoms with van der Waals surface area (Å²) in [4.78, 5) is 13.6. The number of amides is 1. The largest absolute Gasteiger partial charge is 0.447 e. The van der Waals surface area contributed by atoms with Crippen molar-refractivity contribution in [3.05, 3.63) is 0 Å². The van der Waals surface area contributed by atoms with Crippen LogP contribution < -0.4 is 5.32 Å². The maximum atomic E-state index is 11.7. The number of fused-ring (bicyclic) bond motifs is 1. The molecule has 4 nitrogen and oxygen atoms in total. The molecule has 2 saturated heterocycles. The molecule has 0 bridgehead atoms. The highest BCUT2D eigenvalue weighted by Gasteiger charge is 2.40. The van der Waals surface area contributed by atoms with Crippen molar-refractivity contribution in [1.82, 2.24) is 10.2 Å². The van der Waals surface area contributed by atoms with Gasteiger partial charge in [-0.2, -0.15) is 0 Å². The first-order chi connectivity index (χ1) is 6.68. The first kappa shape index (κ1) is 9.77. The molecule has 0 aromatic heterocycles. The zero-order valence-corrected chi connectivity index (χ0v) is 8.82. The van der Waals surface area contributed by atoms with Crippen molar-refractivity contribution < 1.29 is 9.53 Å². The van der Waals surface area contributed by atoms with Crippen LogP contribution in [0.2, 0.25) is 0 Å². The van der Waals surface area contributed by atoms with E-state index >= 15 is 0 Å². The van der Waals surface area contributed by atoms with Gasteiger partial charge in [0.1, 0.15) is 0 Å². The molecule has 2 fully saturated rings. The standard InChI is InChI=1S/C10H18N2O2/c1-7(2)14-10(13)12-4-3-8-5-11-6-9(8)12/h7-9,11H,3-6H2,1-2H3. The third kappa shape index (κ3) is 1.71. The molecule has 2 atom stereocenters. The molecule has 0 aromatic carbocycles. The van der Waals surface area contributed by atoms with Gasteiger partial charge in [-0.05, 0) is 26.2 Å². The number of carbonyl (C=O) groups is 1. The van der Waals surface area contributed by atoms with Gasteiger partial charge in [-0.1, -0.05) is 0 Å². The van der Waals surface area contributed by atoms with Gasteiger partial charge in [0.2, 0.25) is 0 Å². The lowest BCUT2D eigenvalue weighted by Gasteiger charge is -2.23. The number of nitrogens with one attached hydrogen (secondary N) is 1. The molecule has 14 heavy (non-hydrogen) atoms. The summed E-state index contributed by atoms with van der Waals surface area (Å²) in [5.74, 6) is 0.648. The second-order valence-electron chi connectivity index (χ2n) is 4.40. The smallest absolute Gasteiger partial charge is 0.410 e. The lowest BCUT2D eigenvalue weighted by Crippen LogP contribution is -2.40. The summed E-state index contributed by atoms with van der Waals surface area (Å²) < 4.78 is 5.20. The number of likely N-dealkylation sites (tertiary alicyclic amines) is 1. The van der Waals surface area contributed by atoms with E-state index in [9.17, 15) is 4.79 Å². The summed E-state index contributed by atoms with van der Waals surface area (Å²) >= 11 is 0. The van der Waals surface area contributed by atoms with Crippen LogP contribution >= 0.6 is 0 Å². The minimum Gasteiger partial charge on any atom is -0.447 e. The quantitative estimate of drug-likeness (QED) is 0.678. The summed E-state index contributed by atoms with van der Waals surface area (Å²) in [5.41, 5.74) is 0. The summed E-state index contributed by atoms with van der Waals surface area (Å²) in [6.45, 7) is 6.62. The minimum absolute atomic E-state index is 0.0177. The normalized spacial score (nSPS) is 30.9. The van der Waals surface area contributed by atoms with Gasteiger partial charge < -0.3 is 15.0 Å². The summed E-state index contributed by atoms with van der Waals surface area (Å²) in [5, 5.41) is 3.31. The number of rotatable bonds is 1. The molecule has 1 amide bonds. The molecule has 2 unspecified atom stereocenters. The monoisotopic (exact) mass is 198 g/mol. The fourth-order valence-electron chi connectivity index (χ4n) is 2.35. The number of carbonyl (C=O) groups excluding carboxylic acids is 1. The van der Waals surface area contributed by atoms with Crippen molar-refractivity contribution >= 4 is 6.09 Å². The van der Waals surface area contributed by atoms with E-state index in [1.165, 1.54) is 0 Å². The Morgan fingerprint density at radius 3 is 3.00 bits per heavy atom. The molecule has 2 heterocycles. The first-order valence-corrected chi connectivity index (χ1v) is 5.36. The van der Waals surface area contributed by atoms with Gasteiger partial charge in [0.25, 0.3) is 0 Å². The Labute approximate surface area is 84.6 Å². The highest BCUT2D eigenvalue weighted by molar-refractivity contribution is 5.68. The third-order valence-corrected chi connectivity index (χ3v) is 3.02. The van der Waals surface area contributed by atoms with Crippen LogP contribution in [0.5, 0.6) is 0 Å². The van der Waals surface area contributed by atoms with Crippen LogP contribution in [0.15, 0.2) is 0 Å². The van der Waals surface area contributed by atoms with E-state index in [4.69, 9.17) is 4.74 Å². The van der Waals surface area contributed by atoms with Crippen molar-refractivity contribution in [2.45, 2.75) is 32.4 Å². The van der Waals surface area contributed by atoms with Gasteiger partial charge in [-0.3, -0.25) is 0 Å². The van der Waals surface area contributed by atoms with Crippen molar-refractivity contribution in [3.8, 4) is 0 Å². The van der Waals surface area contributed by atoms with Crippen molar-refractivity contribution in [2.24, 2.45) is 5.92 Å². The lowest BCUT2D eigenvalue weighted by atomic mass is 10.1. The van der Waals surface area contributed by atoms with Gasteiger partial charge in [-0.25, -0.2) is 4.79 Å². The van der Waals surface area contributed by atoms with E-state index in [1.54, 1.807) is 0 Å². The topological polar surface area (TPSA) is 41.6 Å². The molecule has 80 valence electrons. The summed E-state index contributed by atoms with van der Waals surface area (Å²) in [6.07, 6.45) is 0.956. The summed E-state index contributed by atoms with van der Waals surface area (Å²) in [7, 11) is 0. The van der Waals surface area contributed by atoms with Gasteiger partial charge in [0, 0.05) is 19.6 Å². The second-order valence-corrected chi connectivity index (χ2v) is 4.40. The van der Waals surface area contributed by atoms with Crippen molar-refractivity contribution in [2.75, 3.05) is 19.6 Å². The van der Waals surface area contributed by atoms with Crippen molar-refractivity contribution in [1.29, 1.82) is 0 Å². The summed E-state index contributed by atoms with van der Waals surface area (Å²) in [6, 6.07) is 0.376. The van der Waals surface area contributed by atoms with Crippen LogP contribution in [0.1, 0.15) is 20.3 Å².